The van der Waals surface area contributed by atoms with Gasteiger partial charge in [0.25, 0.3) is 0 Å². The molecule has 20 heavy (non-hydrogen) atoms. The first kappa shape index (κ1) is 14.5. The molecule has 2 aromatic carbocycles. The Balaban J connectivity index is 2.10. The van der Waals surface area contributed by atoms with Crippen LogP contribution in [0.2, 0.25) is 0 Å². The van der Waals surface area contributed by atoms with Gasteiger partial charge in [0, 0.05) is 15.5 Å². The predicted octanol–water partition coefficient (Wildman–Crippen LogP) is 3.61. The van der Waals surface area contributed by atoms with E-state index >= 15 is 0 Å². The molecule has 4 heteroatoms. The average molecular weight is 287 g/mol. The quantitative estimate of drug-likeness (QED) is 0.825. The molecule has 3 nitrogen and oxygen atoms in total. The Morgan fingerprint density at radius 3 is 2.35 bits per heavy atom. The smallest absolute Gasteiger partial charge is 0.307 e. The molecule has 0 aliphatic rings. The van der Waals surface area contributed by atoms with Gasteiger partial charge in [-0.1, -0.05) is 36.9 Å². The molecule has 0 spiro atoms. The summed E-state index contributed by atoms with van der Waals surface area (Å²) in [6, 6.07) is 13.7. The molecule has 0 radical (unpaired) electrons. The number of anilines is 1. The summed E-state index contributed by atoms with van der Waals surface area (Å²) in [7, 11) is 0. The van der Waals surface area contributed by atoms with Crippen molar-refractivity contribution in [1.29, 1.82) is 0 Å². The molecule has 0 fully saturated rings. The summed E-state index contributed by atoms with van der Waals surface area (Å²) < 4.78 is 0. The molecule has 0 aromatic heterocycles. The Labute approximate surface area is 122 Å². The normalized spacial score (nSPS) is 10.4. The summed E-state index contributed by atoms with van der Waals surface area (Å²) in [6.45, 7) is 2.08. The van der Waals surface area contributed by atoms with Crippen LogP contribution in [0.25, 0.3) is 0 Å². The SMILES string of the molecule is CCc1ccc(Sc2ccc(CC(=O)O)cc2)cc1N. The van der Waals surface area contributed by atoms with E-state index in [4.69, 9.17) is 10.8 Å². The standard InChI is InChI=1S/C16H17NO2S/c1-2-12-5-8-14(10-15(12)17)20-13-6-3-11(4-7-13)9-16(18)19/h3-8,10H,2,9,17H2,1H3,(H,18,19). The number of nitrogen functional groups attached to an aromatic ring is 1. The van der Waals surface area contributed by atoms with Gasteiger partial charge in [0.05, 0.1) is 6.42 Å². The fourth-order valence-electron chi connectivity index (χ4n) is 1.94. The number of carboxylic acid groups (broad SMARTS) is 1. The number of hydrogen-bond donors (Lipinski definition) is 2. The molecule has 0 amide bonds. The molecule has 0 aliphatic heterocycles. The van der Waals surface area contributed by atoms with Gasteiger partial charge in [0.1, 0.15) is 0 Å². The maximum Gasteiger partial charge on any atom is 0.307 e. The monoisotopic (exact) mass is 287 g/mol. The van der Waals surface area contributed by atoms with Crippen LogP contribution < -0.4 is 5.73 Å². The minimum atomic E-state index is -0.812. The third kappa shape index (κ3) is 3.78. The summed E-state index contributed by atoms with van der Waals surface area (Å²) in [4.78, 5) is 12.8. The Morgan fingerprint density at radius 1 is 1.15 bits per heavy atom. The predicted molar refractivity (Wildman–Crippen MR) is 82.1 cm³/mol. The van der Waals surface area contributed by atoms with E-state index < -0.39 is 5.97 Å². The summed E-state index contributed by atoms with van der Waals surface area (Å²) >= 11 is 1.62. The van der Waals surface area contributed by atoms with Crippen molar-refractivity contribution in [3.8, 4) is 0 Å². The first-order valence-electron chi connectivity index (χ1n) is 6.45. The van der Waals surface area contributed by atoms with Crippen molar-refractivity contribution in [2.75, 3.05) is 5.73 Å². The highest BCUT2D eigenvalue weighted by molar-refractivity contribution is 7.99. The lowest BCUT2D eigenvalue weighted by Gasteiger charge is -2.07. The topological polar surface area (TPSA) is 63.3 Å². The van der Waals surface area contributed by atoms with Crippen LogP contribution in [0, 0.1) is 0 Å². The highest BCUT2D eigenvalue weighted by Gasteiger charge is 2.03. The zero-order chi connectivity index (χ0) is 14.5. The second-order valence-corrected chi connectivity index (χ2v) is 5.68. The van der Waals surface area contributed by atoms with Gasteiger partial charge in [-0.2, -0.15) is 0 Å². The third-order valence-electron chi connectivity index (χ3n) is 3.01. The van der Waals surface area contributed by atoms with Gasteiger partial charge in [-0.15, -0.1) is 0 Å². The van der Waals surface area contributed by atoms with Crippen molar-refractivity contribution in [2.24, 2.45) is 0 Å². The number of nitrogens with two attached hydrogens (primary N) is 1. The van der Waals surface area contributed by atoms with Gasteiger partial charge in [-0.3, -0.25) is 4.79 Å². The molecule has 0 bridgehead atoms. The van der Waals surface area contributed by atoms with Gasteiger partial charge >= 0.3 is 5.97 Å². The van der Waals surface area contributed by atoms with Crippen molar-refractivity contribution in [2.45, 2.75) is 29.6 Å². The largest absolute Gasteiger partial charge is 0.481 e. The van der Waals surface area contributed by atoms with Crippen LogP contribution in [0.15, 0.2) is 52.3 Å². The highest BCUT2D eigenvalue weighted by Crippen LogP contribution is 2.30. The summed E-state index contributed by atoms with van der Waals surface area (Å²) in [5.74, 6) is -0.812. The van der Waals surface area contributed by atoms with Gasteiger partial charge in [0.2, 0.25) is 0 Å². The molecular weight excluding hydrogens is 270 g/mol. The number of carbonyl (C=O) groups is 1. The minimum absolute atomic E-state index is 0.0586. The first-order chi connectivity index (χ1) is 9.58. The molecular formula is C16H17NO2S. The second-order valence-electron chi connectivity index (χ2n) is 4.53. The number of carboxylic acids is 1. The van der Waals surface area contributed by atoms with Crippen LogP contribution in [0.1, 0.15) is 18.1 Å². The van der Waals surface area contributed by atoms with E-state index in [9.17, 15) is 4.79 Å². The van der Waals surface area contributed by atoms with Gasteiger partial charge < -0.3 is 10.8 Å². The molecule has 104 valence electrons. The maximum absolute atomic E-state index is 10.6. The van der Waals surface area contributed by atoms with Crippen LogP contribution in [0.4, 0.5) is 5.69 Å². The fourth-order valence-corrected chi connectivity index (χ4v) is 2.81. The minimum Gasteiger partial charge on any atom is -0.481 e. The number of hydrogen-bond acceptors (Lipinski definition) is 3. The molecule has 0 saturated heterocycles. The van der Waals surface area contributed by atoms with Crippen molar-refractivity contribution in [3.63, 3.8) is 0 Å². The number of rotatable bonds is 5. The number of aryl methyl sites for hydroxylation is 1. The molecule has 0 aliphatic carbocycles. The van der Waals surface area contributed by atoms with Crippen molar-refractivity contribution in [3.05, 3.63) is 53.6 Å². The van der Waals surface area contributed by atoms with E-state index in [-0.39, 0.29) is 6.42 Å². The lowest BCUT2D eigenvalue weighted by molar-refractivity contribution is -0.136. The highest BCUT2D eigenvalue weighted by atomic mass is 32.2. The van der Waals surface area contributed by atoms with E-state index in [1.807, 2.05) is 30.3 Å². The second kappa shape index (κ2) is 6.48. The van der Waals surface area contributed by atoms with Crippen LogP contribution in [0.3, 0.4) is 0 Å². The Bertz CT molecular complexity index is 608. The van der Waals surface area contributed by atoms with Crippen LogP contribution in [-0.2, 0) is 17.6 Å². The van der Waals surface area contributed by atoms with E-state index in [1.165, 1.54) is 0 Å². The molecule has 2 rings (SSSR count). The Kier molecular flexibility index (Phi) is 4.69. The first-order valence-corrected chi connectivity index (χ1v) is 7.27. The van der Waals surface area contributed by atoms with Crippen LogP contribution >= 0.6 is 11.8 Å². The lowest BCUT2D eigenvalue weighted by Crippen LogP contribution is -1.99. The average Bonchev–Trinajstić information content (AvgIpc) is 2.41. The van der Waals surface area contributed by atoms with E-state index in [0.717, 1.165) is 33.0 Å². The molecule has 3 N–H and O–H groups in total. The van der Waals surface area contributed by atoms with Gasteiger partial charge in [-0.25, -0.2) is 0 Å². The van der Waals surface area contributed by atoms with Gasteiger partial charge in [-0.05, 0) is 41.8 Å². The van der Waals surface area contributed by atoms with E-state index in [2.05, 4.69) is 19.1 Å². The fraction of sp³-hybridized carbons (Fsp3) is 0.188. The molecule has 0 saturated carbocycles. The van der Waals surface area contributed by atoms with E-state index in [1.54, 1.807) is 11.8 Å². The van der Waals surface area contributed by atoms with Crippen LogP contribution in [-0.4, -0.2) is 11.1 Å². The van der Waals surface area contributed by atoms with Gasteiger partial charge in [0.15, 0.2) is 0 Å². The maximum atomic E-state index is 10.6. The molecule has 2 aromatic rings. The molecule has 0 heterocycles. The molecule has 0 atom stereocenters. The zero-order valence-corrected chi connectivity index (χ0v) is 12.1. The summed E-state index contributed by atoms with van der Waals surface area (Å²) in [6.07, 6.45) is 0.990. The Morgan fingerprint density at radius 2 is 1.80 bits per heavy atom. The van der Waals surface area contributed by atoms with Crippen molar-refractivity contribution < 1.29 is 9.90 Å². The molecule has 0 unspecified atom stereocenters. The van der Waals surface area contributed by atoms with Crippen molar-refractivity contribution >= 4 is 23.4 Å². The lowest BCUT2D eigenvalue weighted by atomic mass is 10.1. The zero-order valence-electron chi connectivity index (χ0n) is 11.3. The third-order valence-corrected chi connectivity index (χ3v) is 4.01. The summed E-state index contributed by atoms with van der Waals surface area (Å²) in [5.41, 5.74) is 8.77. The Hall–Kier alpha value is -1.94. The van der Waals surface area contributed by atoms with E-state index in [0.29, 0.717) is 0 Å². The van der Waals surface area contributed by atoms with Crippen molar-refractivity contribution in [1.82, 2.24) is 0 Å². The summed E-state index contributed by atoms with van der Waals surface area (Å²) in [5, 5.41) is 8.73. The number of benzene rings is 2. The number of aliphatic carboxylic acids is 1. The van der Waals surface area contributed by atoms with Crippen LogP contribution in [0.5, 0.6) is 0 Å².